The van der Waals surface area contributed by atoms with Gasteiger partial charge in [-0.3, -0.25) is 4.79 Å². The van der Waals surface area contributed by atoms with Crippen LogP contribution in [-0.2, 0) is 28.6 Å². The highest BCUT2D eigenvalue weighted by Crippen LogP contribution is 2.26. The summed E-state index contributed by atoms with van der Waals surface area (Å²) in [6.07, 6.45) is 2.94. The van der Waals surface area contributed by atoms with Gasteiger partial charge in [-0.15, -0.1) is 0 Å². The van der Waals surface area contributed by atoms with Gasteiger partial charge in [0, 0.05) is 0 Å². The average Bonchev–Trinajstić information content (AvgIpc) is 2.43. The van der Waals surface area contributed by atoms with Crippen molar-refractivity contribution in [3.8, 4) is 0 Å². The van der Waals surface area contributed by atoms with Crippen molar-refractivity contribution < 1.29 is 28.6 Å². The molecule has 1 atom stereocenters. The molecule has 0 spiro atoms. The van der Waals surface area contributed by atoms with E-state index in [1.807, 2.05) is 0 Å². The van der Waals surface area contributed by atoms with Crippen LogP contribution in [0.4, 0.5) is 0 Å². The van der Waals surface area contributed by atoms with Crippen molar-refractivity contribution in [2.75, 3.05) is 21.3 Å². The molecular weight excluding hydrogens is 240 g/mol. The lowest BCUT2D eigenvalue weighted by molar-refractivity contribution is -0.144. The molecule has 6 heteroatoms. The molecule has 1 unspecified atom stereocenters. The smallest absolute Gasteiger partial charge is 0.338 e. The van der Waals surface area contributed by atoms with Crippen molar-refractivity contribution in [3.63, 3.8) is 0 Å². The summed E-state index contributed by atoms with van der Waals surface area (Å²) in [7, 11) is 3.67. The van der Waals surface area contributed by atoms with Gasteiger partial charge >= 0.3 is 17.9 Å². The number of hydrogen-bond acceptors (Lipinski definition) is 6. The fourth-order valence-electron chi connectivity index (χ4n) is 1.64. The molecule has 1 rings (SSSR count). The van der Waals surface area contributed by atoms with Crippen LogP contribution in [0.25, 0.3) is 0 Å². The summed E-state index contributed by atoms with van der Waals surface area (Å²) in [5.41, 5.74) is 0.215. The van der Waals surface area contributed by atoms with Crippen LogP contribution in [0.2, 0.25) is 0 Å². The first-order valence-electron chi connectivity index (χ1n) is 5.21. The van der Waals surface area contributed by atoms with E-state index in [1.165, 1.54) is 33.5 Å². The van der Waals surface area contributed by atoms with Gasteiger partial charge in [0.2, 0.25) is 0 Å². The van der Waals surface area contributed by atoms with Gasteiger partial charge in [0.15, 0.2) is 0 Å². The maximum absolute atomic E-state index is 11.6. The Labute approximate surface area is 104 Å². The van der Waals surface area contributed by atoms with Crippen LogP contribution in [0.1, 0.15) is 6.42 Å². The molecule has 0 saturated heterocycles. The van der Waals surface area contributed by atoms with E-state index in [0.29, 0.717) is 0 Å². The minimum atomic E-state index is -0.659. The number of rotatable bonds is 3. The number of carbonyl (C=O) groups is 3. The van der Waals surface area contributed by atoms with Crippen LogP contribution in [-0.4, -0.2) is 39.2 Å². The zero-order valence-corrected chi connectivity index (χ0v) is 10.4. The largest absolute Gasteiger partial charge is 0.469 e. The van der Waals surface area contributed by atoms with Gasteiger partial charge in [0.05, 0.1) is 38.4 Å². The van der Waals surface area contributed by atoms with Crippen molar-refractivity contribution in [2.24, 2.45) is 5.92 Å². The molecule has 6 nitrogen and oxygen atoms in total. The molecule has 0 heterocycles. The summed E-state index contributed by atoms with van der Waals surface area (Å²) in [4.78, 5) is 34.5. The Kier molecular flexibility index (Phi) is 4.65. The lowest BCUT2D eigenvalue weighted by atomic mass is 9.89. The Bertz CT molecular complexity index is 432. The number of ether oxygens (including phenoxy) is 3. The van der Waals surface area contributed by atoms with E-state index in [-0.39, 0.29) is 17.6 Å². The minimum Gasteiger partial charge on any atom is -0.469 e. The summed E-state index contributed by atoms with van der Waals surface area (Å²) >= 11 is 0. The van der Waals surface area contributed by atoms with Crippen LogP contribution >= 0.6 is 0 Å². The standard InChI is InChI=1S/C12H14O6/c1-16-10(13)7-4-5-8(11(14)17-2)9(6-7)12(15)18-3/h4-5,7H,6H2,1-3H3. The number of esters is 3. The Hall–Kier alpha value is -2.11. The summed E-state index contributed by atoms with van der Waals surface area (Å²) in [6, 6.07) is 0. The molecule has 0 aromatic carbocycles. The molecule has 0 N–H and O–H groups in total. The van der Waals surface area contributed by atoms with E-state index in [0.717, 1.165) is 0 Å². The molecule has 18 heavy (non-hydrogen) atoms. The molecule has 0 aromatic rings. The fraction of sp³-hybridized carbons (Fsp3) is 0.417. The third-order valence-electron chi connectivity index (χ3n) is 2.59. The van der Waals surface area contributed by atoms with Gasteiger partial charge in [-0.2, -0.15) is 0 Å². The number of methoxy groups -OCH3 is 3. The normalized spacial score (nSPS) is 18.3. The molecule has 0 aromatic heterocycles. The van der Waals surface area contributed by atoms with Crippen molar-refractivity contribution in [3.05, 3.63) is 23.3 Å². The van der Waals surface area contributed by atoms with Crippen LogP contribution in [0, 0.1) is 5.92 Å². The number of carbonyl (C=O) groups excluding carboxylic acids is 3. The summed E-state index contributed by atoms with van der Waals surface area (Å²) in [5, 5.41) is 0. The average molecular weight is 254 g/mol. The summed E-state index contributed by atoms with van der Waals surface area (Å²) < 4.78 is 13.7. The van der Waals surface area contributed by atoms with Crippen molar-refractivity contribution in [2.45, 2.75) is 6.42 Å². The lowest BCUT2D eigenvalue weighted by Crippen LogP contribution is -2.23. The van der Waals surface area contributed by atoms with E-state index < -0.39 is 23.8 Å². The molecule has 1 aliphatic rings. The third-order valence-corrected chi connectivity index (χ3v) is 2.59. The molecule has 1 aliphatic carbocycles. The second-order valence-corrected chi connectivity index (χ2v) is 3.57. The molecule has 0 fully saturated rings. The van der Waals surface area contributed by atoms with Crippen LogP contribution < -0.4 is 0 Å². The maximum Gasteiger partial charge on any atom is 0.338 e. The van der Waals surface area contributed by atoms with E-state index in [9.17, 15) is 14.4 Å². The van der Waals surface area contributed by atoms with Crippen LogP contribution in [0.3, 0.4) is 0 Å². The fourth-order valence-corrected chi connectivity index (χ4v) is 1.64. The molecule has 98 valence electrons. The first kappa shape index (κ1) is 14.0. The SMILES string of the molecule is COC(=O)C1=C(C(=O)OC)CC(C(=O)OC)C=C1. The molecule has 0 saturated carbocycles. The van der Waals surface area contributed by atoms with Crippen LogP contribution in [0.5, 0.6) is 0 Å². The molecule has 0 aliphatic heterocycles. The topological polar surface area (TPSA) is 78.9 Å². The molecular formula is C12H14O6. The Morgan fingerprint density at radius 3 is 2.17 bits per heavy atom. The second kappa shape index (κ2) is 6.00. The second-order valence-electron chi connectivity index (χ2n) is 3.57. The third kappa shape index (κ3) is 2.77. The summed E-state index contributed by atoms with van der Waals surface area (Å²) in [6.45, 7) is 0. The van der Waals surface area contributed by atoms with Gasteiger partial charge in [0.25, 0.3) is 0 Å². The monoisotopic (exact) mass is 254 g/mol. The maximum atomic E-state index is 11.6. The van der Waals surface area contributed by atoms with E-state index in [4.69, 9.17) is 0 Å². The van der Waals surface area contributed by atoms with Gasteiger partial charge < -0.3 is 14.2 Å². The highest BCUT2D eigenvalue weighted by molar-refractivity contribution is 6.03. The zero-order valence-electron chi connectivity index (χ0n) is 10.4. The zero-order chi connectivity index (χ0) is 13.7. The molecule has 0 bridgehead atoms. The minimum absolute atomic E-state index is 0.0558. The number of hydrogen-bond donors (Lipinski definition) is 0. The molecule has 0 radical (unpaired) electrons. The van der Waals surface area contributed by atoms with E-state index >= 15 is 0 Å². The highest BCUT2D eigenvalue weighted by atomic mass is 16.5. The Morgan fingerprint density at radius 1 is 1.06 bits per heavy atom. The summed E-state index contributed by atoms with van der Waals surface area (Å²) in [5.74, 6) is -2.38. The van der Waals surface area contributed by atoms with Crippen LogP contribution in [0.15, 0.2) is 23.3 Å². The predicted octanol–water partition coefficient (Wildman–Crippen LogP) is 0.378. The highest BCUT2D eigenvalue weighted by Gasteiger charge is 2.30. The quantitative estimate of drug-likeness (QED) is 0.535. The van der Waals surface area contributed by atoms with Crippen molar-refractivity contribution >= 4 is 17.9 Å². The molecule has 0 amide bonds. The van der Waals surface area contributed by atoms with Gasteiger partial charge in [-0.1, -0.05) is 12.2 Å². The van der Waals surface area contributed by atoms with E-state index in [1.54, 1.807) is 0 Å². The first-order chi connectivity index (χ1) is 8.54. The van der Waals surface area contributed by atoms with Gasteiger partial charge in [-0.05, 0) is 6.42 Å². The van der Waals surface area contributed by atoms with Crippen molar-refractivity contribution in [1.82, 2.24) is 0 Å². The Morgan fingerprint density at radius 2 is 1.67 bits per heavy atom. The van der Waals surface area contributed by atoms with Gasteiger partial charge in [-0.25, -0.2) is 9.59 Å². The van der Waals surface area contributed by atoms with Crippen molar-refractivity contribution in [1.29, 1.82) is 0 Å². The first-order valence-corrected chi connectivity index (χ1v) is 5.21. The van der Waals surface area contributed by atoms with Gasteiger partial charge in [0.1, 0.15) is 0 Å². The Balaban J connectivity index is 3.08. The predicted molar refractivity (Wildman–Crippen MR) is 60.3 cm³/mol. The van der Waals surface area contributed by atoms with E-state index in [2.05, 4.69) is 14.2 Å². The lowest BCUT2D eigenvalue weighted by Gasteiger charge is -2.18.